The number of nitrogens with one attached hydrogen (secondary N) is 1. The van der Waals surface area contributed by atoms with Crippen molar-refractivity contribution in [1.82, 2.24) is 9.47 Å². The van der Waals surface area contributed by atoms with Crippen molar-refractivity contribution in [2.75, 3.05) is 84.5 Å². The number of sulfone groups is 1. The summed E-state index contributed by atoms with van der Waals surface area (Å²) in [6.45, 7) is 10.8. The number of likely N-dealkylation sites (tertiary alicyclic amines) is 1. The molecule has 20 heteroatoms. The SMILES string of the molecule is Cc1c(C(=O)O)c(-c2cccc(N3CCN(c4ccc(N5CCCOP5(=O)c5ccc(N[C@H](CCN6CCC(O)CC6)CSc6ccccc6)c(S(=O)(=O)C(F)(F)F)c5)cc4)CC3)c2)c(-c2ccc(Cl)cc2)n1C(C)C. The van der Waals surface area contributed by atoms with E-state index in [1.807, 2.05) is 106 Å². The average molecular weight is 1120 g/mol. The molecule has 0 aliphatic carbocycles. The van der Waals surface area contributed by atoms with Gasteiger partial charge in [-0.3, -0.25) is 9.24 Å². The third-order valence-electron chi connectivity index (χ3n) is 14.5. The molecule has 3 aliphatic rings. The van der Waals surface area contributed by atoms with Gasteiger partial charge >= 0.3 is 19.0 Å². The summed E-state index contributed by atoms with van der Waals surface area (Å²) in [6.07, 6.45) is 1.83. The number of aromatic nitrogens is 1. The highest BCUT2D eigenvalue weighted by Gasteiger charge is 2.49. The standard InChI is InChI=1S/C56H63ClF3N6O7PS2/c1-38(2)66-39(3)52(55(68)69)53(54(66)40-13-15-42(57)16-14-40)41-9-7-10-46(35-41)64-32-30-63(31-33-64)44-17-19-45(20-18-44)65-26-8-34-73-74(65,70)48-21-22-50(51(36-48)76(71,72)56(58,59)60)61-43(37-75-49-11-5-4-6-12-49)23-27-62-28-24-47(67)25-29-62/h4-7,9-22,35-36,38,43,47,61,67H,8,23-34,37H2,1-3H3,(H,68,69)/t43-,74?/m1/s1. The number of halogens is 4. The first-order chi connectivity index (χ1) is 36.3. The number of aliphatic hydroxyl groups is 1. The normalized spacial score (nSPS) is 18.6. The third-order valence-corrected chi connectivity index (χ3v) is 20.0. The van der Waals surface area contributed by atoms with Crippen LogP contribution in [0.4, 0.5) is 35.9 Å². The van der Waals surface area contributed by atoms with Gasteiger partial charge in [0.05, 0.1) is 35.0 Å². The summed E-state index contributed by atoms with van der Waals surface area (Å²) in [6, 6.07) is 35.4. The minimum absolute atomic E-state index is 0.0194. The predicted octanol–water partition coefficient (Wildman–Crippen LogP) is 11.8. The van der Waals surface area contributed by atoms with E-state index in [1.54, 1.807) is 12.1 Å². The number of hydrogen-bond acceptors (Lipinski definition) is 11. The fourth-order valence-corrected chi connectivity index (χ4v) is 15.1. The molecule has 5 aromatic carbocycles. The fourth-order valence-electron chi connectivity index (χ4n) is 10.6. The van der Waals surface area contributed by atoms with Crippen LogP contribution in [-0.2, 0) is 18.9 Å². The van der Waals surface area contributed by atoms with Crippen LogP contribution in [0.15, 0.2) is 131 Å². The Balaban J connectivity index is 0.934. The van der Waals surface area contributed by atoms with Gasteiger partial charge in [-0.1, -0.05) is 54.1 Å². The zero-order valence-corrected chi connectivity index (χ0v) is 45.9. The Morgan fingerprint density at radius 3 is 2.13 bits per heavy atom. The molecule has 3 fully saturated rings. The lowest BCUT2D eigenvalue weighted by molar-refractivity contribution is -0.0435. The largest absolute Gasteiger partial charge is 0.501 e. The molecular formula is C56H63ClF3N6O7PS2. The molecule has 0 bridgehead atoms. The fraction of sp³-hybridized carbons (Fsp3) is 0.375. The molecule has 3 saturated heterocycles. The van der Waals surface area contributed by atoms with E-state index in [1.165, 1.54) is 28.6 Å². The highest BCUT2D eigenvalue weighted by molar-refractivity contribution is 7.99. The topological polar surface area (TPSA) is 148 Å². The van der Waals surface area contributed by atoms with E-state index in [0.717, 1.165) is 39.2 Å². The van der Waals surface area contributed by atoms with Crippen molar-refractivity contribution in [3.63, 3.8) is 0 Å². The quantitative estimate of drug-likeness (QED) is 0.0588. The molecule has 6 aromatic rings. The molecule has 0 radical (unpaired) electrons. The van der Waals surface area contributed by atoms with Gasteiger partial charge in [-0.25, -0.2) is 13.2 Å². The Morgan fingerprint density at radius 2 is 1.49 bits per heavy atom. The number of thioether (sulfide) groups is 1. The van der Waals surface area contributed by atoms with E-state index < -0.39 is 39.8 Å². The predicted molar refractivity (Wildman–Crippen MR) is 299 cm³/mol. The number of aliphatic hydroxyl groups excluding tert-OH is 1. The molecule has 1 aromatic heterocycles. The lowest BCUT2D eigenvalue weighted by Gasteiger charge is -2.39. The maximum Gasteiger partial charge on any atom is 0.501 e. The lowest BCUT2D eigenvalue weighted by atomic mass is 9.96. The number of hydrogen-bond donors (Lipinski definition) is 3. The average Bonchev–Trinajstić information content (AvgIpc) is 3.84. The minimum Gasteiger partial charge on any atom is -0.478 e. The van der Waals surface area contributed by atoms with Crippen LogP contribution in [0, 0.1) is 6.92 Å². The number of carboxylic acid groups (broad SMARTS) is 1. The second kappa shape index (κ2) is 23.2. The van der Waals surface area contributed by atoms with Crippen LogP contribution in [0.2, 0.25) is 5.02 Å². The van der Waals surface area contributed by atoms with Gasteiger partial charge in [-0.15, -0.1) is 11.8 Å². The first-order valence-corrected chi connectivity index (χ1v) is 30.0. The van der Waals surface area contributed by atoms with Gasteiger partial charge in [0.1, 0.15) is 4.90 Å². The smallest absolute Gasteiger partial charge is 0.478 e. The van der Waals surface area contributed by atoms with Crippen molar-refractivity contribution < 1.29 is 45.7 Å². The van der Waals surface area contributed by atoms with Crippen molar-refractivity contribution in [3.05, 3.63) is 138 Å². The van der Waals surface area contributed by atoms with Crippen molar-refractivity contribution in [3.8, 4) is 22.4 Å². The maximum atomic E-state index is 15.2. The number of carboxylic acids is 1. The maximum absolute atomic E-state index is 15.2. The molecule has 2 atom stereocenters. The second-order valence-electron chi connectivity index (χ2n) is 19.8. The molecule has 3 aliphatic heterocycles. The number of piperazine rings is 1. The molecule has 76 heavy (non-hydrogen) atoms. The molecule has 0 saturated carbocycles. The zero-order chi connectivity index (χ0) is 53.9. The molecule has 0 amide bonds. The van der Waals surface area contributed by atoms with Crippen LogP contribution in [0.5, 0.6) is 0 Å². The van der Waals surface area contributed by atoms with Crippen molar-refractivity contribution in [2.24, 2.45) is 0 Å². The number of alkyl halides is 3. The van der Waals surface area contributed by atoms with E-state index in [0.29, 0.717) is 99.2 Å². The van der Waals surface area contributed by atoms with Crippen molar-refractivity contribution in [1.29, 1.82) is 0 Å². The van der Waals surface area contributed by atoms with Gasteiger partial charge in [0, 0.05) is 108 Å². The van der Waals surface area contributed by atoms with Gasteiger partial charge in [0.15, 0.2) is 0 Å². The number of piperidine rings is 1. The number of carbonyl (C=O) groups is 1. The first kappa shape index (κ1) is 55.3. The summed E-state index contributed by atoms with van der Waals surface area (Å²) in [5.74, 6) is -0.586. The molecule has 4 heterocycles. The van der Waals surface area contributed by atoms with Gasteiger partial charge in [-0.2, -0.15) is 13.2 Å². The first-order valence-electron chi connectivity index (χ1n) is 25.6. The molecule has 13 nitrogen and oxygen atoms in total. The lowest BCUT2D eigenvalue weighted by Crippen LogP contribution is -2.46. The summed E-state index contributed by atoms with van der Waals surface area (Å²) in [7, 11) is -10.1. The van der Waals surface area contributed by atoms with Crippen LogP contribution >= 0.6 is 30.9 Å². The van der Waals surface area contributed by atoms with Gasteiger partial charge in [-0.05, 0) is 136 Å². The Morgan fingerprint density at radius 1 is 0.829 bits per heavy atom. The highest BCUT2D eigenvalue weighted by atomic mass is 35.5. The van der Waals surface area contributed by atoms with Crippen molar-refractivity contribution >= 4 is 74.7 Å². The van der Waals surface area contributed by atoms with Crippen molar-refractivity contribution in [2.45, 2.75) is 79.9 Å². The Kier molecular flexibility index (Phi) is 16.9. The molecule has 3 N–H and O–H groups in total. The number of nitrogens with zero attached hydrogens (tertiary/aromatic N) is 5. The third kappa shape index (κ3) is 11.8. The molecule has 1 unspecified atom stereocenters. The Labute approximate surface area is 452 Å². The number of rotatable bonds is 17. The monoisotopic (exact) mass is 1120 g/mol. The van der Waals surface area contributed by atoms with Crippen LogP contribution in [0.25, 0.3) is 22.4 Å². The van der Waals surface area contributed by atoms with Crippen LogP contribution in [0.1, 0.15) is 61.6 Å². The summed E-state index contributed by atoms with van der Waals surface area (Å²) in [4.78, 5) is 19.6. The minimum atomic E-state index is -5.95. The van der Waals surface area contributed by atoms with Gasteiger partial charge < -0.3 is 39.3 Å². The van der Waals surface area contributed by atoms with E-state index >= 15 is 4.57 Å². The van der Waals surface area contributed by atoms with E-state index in [2.05, 4.69) is 30.6 Å². The Bertz CT molecular complexity index is 3170. The van der Waals surface area contributed by atoms with E-state index in [4.69, 9.17) is 16.1 Å². The van der Waals surface area contributed by atoms with Gasteiger partial charge in [0.25, 0.3) is 9.84 Å². The summed E-state index contributed by atoms with van der Waals surface area (Å²) < 4.78 is 95.5. The van der Waals surface area contributed by atoms with E-state index in [9.17, 15) is 36.6 Å². The number of aromatic carboxylic acids is 1. The Hall–Kier alpha value is -5.46. The molecule has 9 rings (SSSR count). The van der Waals surface area contributed by atoms with Gasteiger partial charge in [0.2, 0.25) is 0 Å². The van der Waals surface area contributed by atoms with E-state index in [-0.39, 0.29) is 41.9 Å². The summed E-state index contributed by atoms with van der Waals surface area (Å²) >= 11 is 7.78. The number of anilines is 4. The molecular weight excluding hydrogens is 1060 g/mol. The van der Waals surface area contributed by atoms with Crippen LogP contribution in [-0.4, -0.2) is 116 Å². The molecule has 0 spiro atoms. The van der Waals surface area contributed by atoms with Crippen LogP contribution < -0.4 is 25.1 Å². The second-order valence-corrected chi connectivity index (χ2v) is 25.5. The van der Waals surface area contributed by atoms with Crippen LogP contribution in [0.3, 0.4) is 0 Å². The summed E-state index contributed by atoms with van der Waals surface area (Å²) in [5.41, 5.74) is 0.491. The number of benzene rings is 5. The highest BCUT2D eigenvalue weighted by Crippen LogP contribution is 2.55. The zero-order valence-electron chi connectivity index (χ0n) is 42.6. The summed E-state index contributed by atoms with van der Waals surface area (Å²) in [5, 5.41) is 24.2. The molecule has 404 valence electrons.